The average Bonchev–Trinajstić information content (AvgIpc) is 3.08. The molecule has 0 N–H and O–H groups in total. The highest BCUT2D eigenvalue weighted by atomic mass is 19.1. The molecule has 0 aromatic heterocycles. The van der Waals surface area contributed by atoms with Gasteiger partial charge in [-0.1, -0.05) is 20.8 Å². The van der Waals surface area contributed by atoms with Crippen molar-refractivity contribution in [1.82, 2.24) is 0 Å². The highest BCUT2D eigenvalue weighted by Gasteiger charge is 2.78. The number of nitriles is 1. The van der Waals surface area contributed by atoms with Crippen LogP contribution < -0.4 is 0 Å². The van der Waals surface area contributed by atoms with E-state index in [9.17, 15) is 19.2 Å². The molecule has 0 spiro atoms. The lowest BCUT2D eigenvalue weighted by Crippen LogP contribution is -2.68. The Labute approximate surface area is 227 Å². The molecule has 0 radical (unpaired) electrons. The quantitative estimate of drug-likeness (QED) is 0.342. The van der Waals surface area contributed by atoms with E-state index < -0.39 is 88.3 Å². The number of ether oxygens (including phenoxy) is 3. The first-order chi connectivity index (χ1) is 18.0. The average molecular weight is 550 g/mol. The Kier molecular flexibility index (Phi) is 7.01. The van der Waals surface area contributed by atoms with Gasteiger partial charge in [0, 0.05) is 17.3 Å². The number of nitrogens with zero attached hydrogens (tertiary/aromatic N) is 1. The number of carbonyl (C=O) groups is 4. The Hall–Kier alpha value is -2.83. The molecule has 4 rings (SSSR count). The van der Waals surface area contributed by atoms with Crippen molar-refractivity contribution < 1.29 is 42.2 Å². The van der Waals surface area contributed by atoms with Gasteiger partial charge in [-0.3, -0.25) is 9.59 Å². The van der Waals surface area contributed by atoms with Crippen LogP contribution in [0, 0.1) is 39.9 Å². The Balaban J connectivity index is 1.80. The fourth-order valence-corrected chi connectivity index (χ4v) is 7.98. The van der Waals surface area contributed by atoms with Crippen LogP contribution in [0.3, 0.4) is 0 Å². The summed E-state index contributed by atoms with van der Waals surface area (Å²) in [4.78, 5) is 52.1. The largest absolute Gasteiger partial charge is 0.509 e. The Morgan fingerprint density at radius 2 is 1.85 bits per heavy atom. The second-order valence-corrected chi connectivity index (χ2v) is 12.7. The first kappa shape index (κ1) is 29.2. The summed E-state index contributed by atoms with van der Waals surface area (Å²) in [6.07, 6.45) is -2.03. The molecule has 0 bridgehead atoms. The number of halogens is 2. The van der Waals surface area contributed by atoms with Crippen LogP contribution >= 0.6 is 0 Å². The zero-order valence-electron chi connectivity index (χ0n) is 23.4. The molecular weight excluding hydrogens is 512 g/mol. The Morgan fingerprint density at radius 3 is 2.46 bits per heavy atom. The molecule has 0 heterocycles. The molecule has 3 fully saturated rings. The van der Waals surface area contributed by atoms with Crippen LogP contribution in [0.5, 0.6) is 0 Å². The highest BCUT2D eigenvalue weighted by molar-refractivity contribution is 6.12. The van der Waals surface area contributed by atoms with Gasteiger partial charge >= 0.3 is 12.1 Å². The predicted octanol–water partition coefficient (Wildman–Crippen LogP) is 5.13. The van der Waals surface area contributed by atoms with Gasteiger partial charge in [0.25, 0.3) is 0 Å². The van der Waals surface area contributed by atoms with Gasteiger partial charge < -0.3 is 14.2 Å². The van der Waals surface area contributed by atoms with E-state index in [1.54, 1.807) is 33.8 Å². The fourth-order valence-electron chi connectivity index (χ4n) is 7.98. The van der Waals surface area contributed by atoms with E-state index in [4.69, 9.17) is 19.5 Å². The first-order valence-electron chi connectivity index (χ1n) is 13.6. The van der Waals surface area contributed by atoms with Crippen molar-refractivity contribution >= 4 is 23.7 Å². The molecule has 8 atom stereocenters. The number of fused-ring (bicyclic) bond motifs is 5. The maximum Gasteiger partial charge on any atom is 0.509 e. The third kappa shape index (κ3) is 3.93. The number of ketones is 2. The molecule has 0 aromatic rings. The van der Waals surface area contributed by atoms with Gasteiger partial charge in [0.15, 0.2) is 18.2 Å². The molecule has 8 nitrogen and oxygen atoms in total. The molecule has 0 aliphatic heterocycles. The van der Waals surface area contributed by atoms with Crippen LogP contribution in [-0.4, -0.2) is 53.3 Å². The summed E-state index contributed by atoms with van der Waals surface area (Å²) in [5.74, 6) is -4.47. The van der Waals surface area contributed by atoms with Crippen molar-refractivity contribution in [3.8, 4) is 6.07 Å². The van der Waals surface area contributed by atoms with Crippen molar-refractivity contribution in [3.63, 3.8) is 0 Å². The fraction of sp³-hybridized carbons (Fsp3) is 0.759. The van der Waals surface area contributed by atoms with Crippen LogP contribution in [0.1, 0.15) is 80.1 Å². The lowest BCUT2D eigenvalue weighted by Gasteiger charge is -2.61. The van der Waals surface area contributed by atoms with Crippen LogP contribution in [0.2, 0.25) is 0 Å². The van der Waals surface area contributed by atoms with Crippen molar-refractivity contribution in [1.29, 1.82) is 5.26 Å². The number of allylic oxidation sites excluding steroid dienone is 1. The summed E-state index contributed by atoms with van der Waals surface area (Å²) in [6.45, 7) is 9.41. The van der Waals surface area contributed by atoms with Gasteiger partial charge in [-0.25, -0.2) is 18.4 Å². The van der Waals surface area contributed by atoms with Gasteiger partial charge in [-0.15, -0.1) is 0 Å². The van der Waals surface area contributed by atoms with E-state index in [0.717, 1.165) is 6.08 Å². The summed E-state index contributed by atoms with van der Waals surface area (Å²) in [5, 5.41) is 9.06. The minimum atomic E-state index is -2.17. The minimum absolute atomic E-state index is 0.0160. The van der Waals surface area contributed by atoms with Gasteiger partial charge in [-0.05, 0) is 70.4 Å². The maximum atomic E-state index is 17.4. The van der Waals surface area contributed by atoms with Gasteiger partial charge in [-0.2, -0.15) is 5.26 Å². The molecule has 3 saturated carbocycles. The summed E-state index contributed by atoms with van der Waals surface area (Å²) in [6, 6.07) is 1.75. The van der Waals surface area contributed by atoms with Crippen molar-refractivity contribution in [2.75, 3.05) is 6.61 Å². The Bertz CT molecular complexity index is 1180. The number of esters is 1. The number of carbonyl (C=O) groups excluding carboxylic acids is 4. The van der Waals surface area contributed by atoms with Crippen LogP contribution in [0.15, 0.2) is 11.6 Å². The normalized spacial score (nSPS) is 41.4. The maximum absolute atomic E-state index is 17.4. The third-order valence-corrected chi connectivity index (χ3v) is 10.5. The molecule has 0 amide bonds. The zero-order valence-corrected chi connectivity index (χ0v) is 23.4. The minimum Gasteiger partial charge on any atom is -0.447 e. The number of alkyl halides is 2. The first-order valence-corrected chi connectivity index (χ1v) is 13.6. The molecule has 4 aliphatic carbocycles. The molecule has 1 unspecified atom stereocenters. The zero-order chi connectivity index (χ0) is 29.2. The van der Waals surface area contributed by atoms with Gasteiger partial charge in [0.1, 0.15) is 23.5 Å². The molecule has 4 aliphatic rings. The standard InChI is InChI=1S/C29H37F2NO7/c1-7-25(3,4)38-24(36)39-29(23(35)37-11-10-32)16(2)12-18-19-15-21(30)20-13-17(33)14-22(34)27(20,6)28(19,31)9-8-26(18,29)5/h13,16,18-19,21H,7-9,11-12,14-15H2,1-6H3/t16-,18+,19+,21+,26+,27-,28?,29-/m1/s1. The lowest BCUT2D eigenvalue weighted by atomic mass is 9.44. The van der Waals surface area contributed by atoms with E-state index in [2.05, 4.69) is 0 Å². The molecule has 10 heteroatoms. The monoisotopic (exact) mass is 549 g/mol. The number of hydrogen-bond donors (Lipinski definition) is 0. The van der Waals surface area contributed by atoms with Crippen molar-refractivity contribution in [3.05, 3.63) is 11.6 Å². The topological polar surface area (TPSA) is 120 Å². The molecule has 39 heavy (non-hydrogen) atoms. The highest BCUT2D eigenvalue weighted by Crippen LogP contribution is 2.71. The second kappa shape index (κ2) is 9.38. The van der Waals surface area contributed by atoms with Crippen molar-refractivity contribution in [2.45, 2.75) is 103 Å². The summed E-state index contributed by atoms with van der Waals surface area (Å²) in [7, 11) is 0. The molecule has 0 aromatic carbocycles. The predicted molar refractivity (Wildman–Crippen MR) is 134 cm³/mol. The van der Waals surface area contributed by atoms with E-state index >= 15 is 8.78 Å². The van der Waals surface area contributed by atoms with Crippen LogP contribution in [0.4, 0.5) is 13.6 Å². The Morgan fingerprint density at radius 1 is 1.18 bits per heavy atom. The summed E-state index contributed by atoms with van der Waals surface area (Å²) >= 11 is 0. The lowest BCUT2D eigenvalue weighted by molar-refractivity contribution is -0.211. The number of hydrogen-bond acceptors (Lipinski definition) is 8. The van der Waals surface area contributed by atoms with Crippen molar-refractivity contribution in [2.24, 2.45) is 28.6 Å². The molecular formula is C29H37F2NO7. The molecule has 214 valence electrons. The summed E-state index contributed by atoms with van der Waals surface area (Å²) < 4.78 is 49.7. The smallest absolute Gasteiger partial charge is 0.447 e. The van der Waals surface area contributed by atoms with Gasteiger partial charge in [0.05, 0.1) is 11.8 Å². The SMILES string of the molecule is CCC(C)(C)OC(=O)O[C@@]1(C(=O)OCC#N)[C@H](C)C[C@H]2[C@@H]3C[C@H](F)C4=CC(=O)CC(=O)[C@]4(C)C3(F)CC[C@@]21C. The van der Waals surface area contributed by atoms with E-state index in [0.29, 0.717) is 6.42 Å². The summed E-state index contributed by atoms with van der Waals surface area (Å²) in [5.41, 5.74) is -8.12. The van der Waals surface area contributed by atoms with E-state index in [-0.39, 0.29) is 31.3 Å². The number of rotatable bonds is 5. The molecule has 0 saturated heterocycles. The third-order valence-electron chi connectivity index (χ3n) is 10.5. The van der Waals surface area contributed by atoms with Crippen LogP contribution in [0.25, 0.3) is 0 Å². The van der Waals surface area contributed by atoms with Gasteiger partial charge in [0.2, 0.25) is 5.60 Å². The van der Waals surface area contributed by atoms with E-state index in [1.165, 1.54) is 6.92 Å². The van der Waals surface area contributed by atoms with E-state index in [1.807, 2.05) is 6.92 Å². The number of Topliss-reactive ketones (excluding diaryl/α,β-unsaturated/α-hetero) is 1. The van der Waals surface area contributed by atoms with Crippen LogP contribution in [-0.2, 0) is 28.6 Å². The second-order valence-electron chi connectivity index (χ2n) is 12.7.